The second-order valence-electron chi connectivity index (χ2n) is 6.48. The van der Waals surface area contributed by atoms with Gasteiger partial charge >= 0.3 is 0 Å². The highest BCUT2D eigenvalue weighted by Gasteiger charge is 2.27. The van der Waals surface area contributed by atoms with Crippen molar-refractivity contribution < 1.29 is 9.90 Å². The molecule has 0 aliphatic heterocycles. The first-order valence-electron chi connectivity index (χ1n) is 9.13. The number of carbonyl (C=O) groups excluding carboxylic acids is 1. The molecule has 0 spiro atoms. The largest absolute Gasteiger partial charge is 0.395 e. The molecule has 1 atom stereocenters. The molecule has 1 unspecified atom stereocenters. The van der Waals surface area contributed by atoms with Crippen LogP contribution in [0.5, 0.6) is 0 Å². The highest BCUT2D eigenvalue weighted by atomic mass is 35.5. The minimum Gasteiger partial charge on any atom is -0.395 e. The summed E-state index contributed by atoms with van der Waals surface area (Å²) in [7, 11) is 0. The summed E-state index contributed by atoms with van der Waals surface area (Å²) in [5, 5.41) is 12.9. The number of primary amides is 1. The van der Waals surface area contributed by atoms with E-state index in [1.165, 1.54) is 0 Å². The van der Waals surface area contributed by atoms with E-state index in [1.54, 1.807) is 24.3 Å². The van der Waals surface area contributed by atoms with Crippen molar-refractivity contribution in [2.45, 2.75) is 12.5 Å². The molecule has 150 valence electrons. The molecule has 29 heavy (non-hydrogen) atoms. The van der Waals surface area contributed by atoms with Gasteiger partial charge in [-0.15, -0.1) is 0 Å². The van der Waals surface area contributed by atoms with E-state index < -0.39 is 11.8 Å². The van der Waals surface area contributed by atoms with Gasteiger partial charge in [-0.2, -0.15) is 0 Å². The minimum absolute atomic E-state index is 0.0643. The van der Waals surface area contributed by atoms with Gasteiger partial charge in [0.1, 0.15) is 5.92 Å². The predicted octanol–water partition coefficient (Wildman–Crippen LogP) is 3.75. The zero-order valence-electron chi connectivity index (χ0n) is 15.6. The Labute approximate surface area is 179 Å². The molecule has 4 N–H and O–H groups in total. The lowest BCUT2D eigenvalue weighted by atomic mass is 9.93. The first-order chi connectivity index (χ1) is 14.0. The number of rotatable bonds is 8. The molecule has 0 radical (unpaired) electrons. The van der Waals surface area contributed by atoms with Crippen molar-refractivity contribution >= 4 is 29.1 Å². The van der Waals surface area contributed by atoms with Crippen LogP contribution in [-0.2, 0) is 11.3 Å². The van der Waals surface area contributed by atoms with Gasteiger partial charge in [-0.25, -0.2) is 0 Å². The van der Waals surface area contributed by atoms with E-state index in [0.717, 1.165) is 11.1 Å². The van der Waals surface area contributed by atoms with Crippen LogP contribution in [0.4, 0.5) is 0 Å². The summed E-state index contributed by atoms with van der Waals surface area (Å²) < 4.78 is 0. The lowest BCUT2D eigenvalue weighted by molar-refractivity contribution is -0.118. The van der Waals surface area contributed by atoms with Crippen LogP contribution >= 0.6 is 23.2 Å². The van der Waals surface area contributed by atoms with Gasteiger partial charge in [-0.1, -0.05) is 59.6 Å². The Bertz CT molecular complexity index is 991. The maximum atomic E-state index is 12.3. The van der Waals surface area contributed by atoms with Gasteiger partial charge in [0.05, 0.1) is 18.0 Å². The standard InChI is InChI=1S/C22H21Cl2N3O2/c23-16-7-3-8-17(24)20(16)21(22(25)29)19-10-4-9-18(27-19)15-6-2-1-5-14(15)13-26-11-12-28/h1-10,21,26,28H,11-13H2,(H2,25,29). The van der Waals surface area contributed by atoms with Crippen LogP contribution in [0.15, 0.2) is 60.7 Å². The molecule has 5 nitrogen and oxygen atoms in total. The summed E-state index contributed by atoms with van der Waals surface area (Å²) in [6.07, 6.45) is 0. The van der Waals surface area contributed by atoms with Gasteiger partial charge in [0, 0.05) is 34.3 Å². The maximum Gasteiger partial charge on any atom is 0.231 e. The van der Waals surface area contributed by atoms with Gasteiger partial charge in [-0.3, -0.25) is 9.78 Å². The second-order valence-corrected chi connectivity index (χ2v) is 7.29. The third-order valence-electron chi connectivity index (χ3n) is 4.54. The van der Waals surface area contributed by atoms with E-state index in [4.69, 9.17) is 39.0 Å². The third-order valence-corrected chi connectivity index (χ3v) is 5.20. The molecule has 1 aromatic heterocycles. The number of halogens is 2. The van der Waals surface area contributed by atoms with Gasteiger partial charge in [0.2, 0.25) is 5.91 Å². The van der Waals surface area contributed by atoms with Crippen molar-refractivity contribution in [1.82, 2.24) is 10.3 Å². The Hall–Kier alpha value is -2.44. The van der Waals surface area contributed by atoms with E-state index in [0.29, 0.717) is 40.1 Å². The Morgan fingerprint density at radius 1 is 1.03 bits per heavy atom. The fourth-order valence-corrected chi connectivity index (χ4v) is 3.83. The highest BCUT2D eigenvalue weighted by Crippen LogP contribution is 2.35. The number of aliphatic hydroxyl groups excluding tert-OH is 1. The number of benzene rings is 2. The zero-order valence-corrected chi connectivity index (χ0v) is 17.1. The predicted molar refractivity (Wildman–Crippen MR) is 116 cm³/mol. The Morgan fingerprint density at radius 3 is 2.41 bits per heavy atom. The normalized spacial score (nSPS) is 12.0. The van der Waals surface area contributed by atoms with Crippen LogP contribution in [-0.4, -0.2) is 29.1 Å². The first-order valence-corrected chi connectivity index (χ1v) is 9.88. The molecule has 0 saturated heterocycles. The number of aliphatic hydroxyl groups is 1. The number of amides is 1. The van der Waals surface area contributed by atoms with E-state index in [1.807, 2.05) is 36.4 Å². The number of aromatic nitrogens is 1. The fourth-order valence-electron chi connectivity index (χ4n) is 3.21. The summed E-state index contributed by atoms with van der Waals surface area (Å²) in [6.45, 7) is 1.14. The molecule has 0 aliphatic carbocycles. The number of hydrogen-bond donors (Lipinski definition) is 3. The molecular weight excluding hydrogens is 409 g/mol. The fraction of sp³-hybridized carbons (Fsp3) is 0.182. The summed E-state index contributed by atoms with van der Waals surface area (Å²) in [4.78, 5) is 17.0. The van der Waals surface area contributed by atoms with E-state index >= 15 is 0 Å². The number of carbonyl (C=O) groups is 1. The summed E-state index contributed by atoms with van der Waals surface area (Å²) in [6, 6.07) is 18.3. The average molecular weight is 430 g/mol. The third kappa shape index (κ3) is 4.95. The van der Waals surface area contributed by atoms with Crippen molar-refractivity contribution in [3.63, 3.8) is 0 Å². The van der Waals surface area contributed by atoms with Crippen LogP contribution in [0.3, 0.4) is 0 Å². The number of pyridine rings is 1. The van der Waals surface area contributed by atoms with Gasteiger partial charge in [-0.05, 0) is 29.8 Å². The average Bonchev–Trinajstić information content (AvgIpc) is 2.71. The van der Waals surface area contributed by atoms with Crippen molar-refractivity contribution in [2.75, 3.05) is 13.2 Å². The summed E-state index contributed by atoms with van der Waals surface area (Å²) in [5.74, 6) is -1.45. The van der Waals surface area contributed by atoms with Crippen molar-refractivity contribution in [3.05, 3.63) is 87.5 Å². The molecule has 1 amide bonds. The highest BCUT2D eigenvalue weighted by molar-refractivity contribution is 6.36. The van der Waals surface area contributed by atoms with Gasteiger partial charge in [0.15, 0.2) is 0 Å². The Kier molecular flexibility index (Phi) is 7.23. The van der Waals surface area contributed by atoms with Crippen LogP contribution in [0.1, 0.15) is 22.7 Å². The minimum atomic E-state index is -0.865. The van der Waals surface area contributed by atoms with E-state index in [-0.39, 0.29) is 6.61 Å². The van der Waals surface area contributed by atoms with Crippen LogP contribution in [0, 0.1) is 0 Å². The van der Waals surface area contributed by atoms with Crippen molar-refractivity contribution in [2.24, 2.45) is 5.73 Å². The lowest BCUT2D eigenvalue weighted by Gasteiger charge is -2.18. The first kappa shape index (κ1) is 21.3. The number of nitrogens with zero attached hydrogens (tertiary/aromatic N) is 1. The van der Waals surface area contributed by atoms with Crippen LogP contribution in [0.2, 0.25) is 10.0 Å². The van der Waals surface area contributed by atoms with Crippen molar-refractivity contribution in [3.8, 4) is 11.3 Å². The lowest BCUT2D eigenvalue weighted by Crippen LogP contribution is -2.24. The molecular formula is C22H21Cl2N3O2. The number of hydrogen-bond acceptors (Lipinski definition) is 4. The molecule has 7 heteroatoms. The molecule has 2 aromatic carbocycles. The molecule has 0 bridgehead atoms. The zero-order chi connectivity index (χ0) is 20.8. The summed E-state index contributed by atoms with van der Waals surface area (Å²) in [5.41, 5.74) is 9.29. The Morgan fingerprint density at radius 2 is 1.72 bits per heavy atom. The molecule has 0 fully saturated rings. The maximum absolute atomic E-state index is 12.3. The number of nitrogens with two attached hydrogens (primary N) is 1. The SMILES string of the molecule is NC(=O)C(c1cccc(-c2ccccc2CNCCO)n1)c1c(Cl)cccc1Cl. The molecule has 1 heterocycles. The molecule has 3 aromatic rings. The second kappa shape index (κ2) is 9.85. The smallest absolute Gasteiger partial charge is 0.231 e. The molecule has 0 saturated carbocycles. The molecule has 3 rings (SSSR count). The quantitative estimate of drug-likeness (QED) is 0.475. The van der Waals surface area contributed by atoms with Crippen LogP contribution in [0.25, 0.3) is 11.3 Å². The monoisotopic (exact) mass is 429 g/mol. The van der Waals surface area contributed by atoms with Gasteiger partial charge in [0.25, 0.3) is 0 Å². The van der Waals surface area contributed by atoms with E-state index in [9.17, 15) is 4.79 Å². The van der Waals surface area contributed by atoms with Crippen LogP contribution < -0.4 is 11.1 Å². The molecule has 0 aliphatic rings. The van der Waals surface area contributed by atoms with Gasteiger partial charge < -0.3 is 16.2 Å². The van der Waals surface area contributed by atoms with E-state index in [2.05, 4.69) is 5.32 Å². The summed E-state index contributed by atoms with van der Waals surface area (Å²) >= 11 is 12.6. The number of nitrogens with one attached hydrogen (secondary N) is 1. The Balaban J connectivity index is 2.04. The topological polar surface area (TPSA) is 88.2 Å². The van der Waals surface area contributed by atoms with Crippen molar-refractivity contribution in [1.29, 1.82) is 0 Å².